The van der Waals surface area contributed by atoms with Crippen LogP contribution >= 0.6 is 0 Å². The number of aromatic amines is 2. The van der Waals surface area contributed by atoms with Gasteiger partial charge >= 0.3 is 0 Å². The monoisotopic (exact) mass is 350 g/mol. The third kappa shape index (κ3) is 3.22. The Morgan fingerprint density at radius 1 is 0.962 bits per heavy atom. The maximum Gasteiger partial charge on any atom is 0.256 e. The van der Waals surface area contributed by atoms with Crippen LogP contribution < -0.4 is 0 Å². The number of para-hydroxylation sites is 1. The highest BCUT2D eigenvalue weighted by atomic mass is 16.2. The van der Waals surface area contributed by atoms with Gasteiger partial charge in [0.05, 0.1) is 12.0 Å². The molecule has 3 aromatic rings. The second kappa shape index (κ2) is 7.07. The smallest absolute Gasteiger partial charge is 0.256 e. The lowest BCUT2D eigenvalue weighted by Crippen LogP contribution is -2.37. The van der Waals surface area contributed by atoms with Crippen molar-refractivity contribution in [2.75, 3.05) is 26.2 Å². The zero-order valence-electron chi connectivity index (χ0n) is 14.6. The normalized spacial score (nSPS) is 15.2. The first-order valence-electron chi connectivity index (χ1n) is 8.97. The molecular weight excluding hydrogens is 328 g/mol. The lowest BCUT2D eigenvalue weighted by molar-refractivity contribution is -0.130. The molecule has 1 aromatic carbocycles. The van der Waals surface area contributed by atoms with E-state index in [2.05, 4.69) is 9.97 Å². The van der Waals surface area contributed by atoms with Gasteiger partial charge in [0.25, 0.3) is 5.91 Å². The molecule has 1 aliphatic rings. The van der Waals surface area contributed by atoms with E-state index in [0.29, 0.717) is 38.2 Å². The molecule has 134 valence electrons. The van der Waals surface area contributed by atoms with Crippen LogP contribution in [0.15, 0.2) is 48.9 Å². The molecule has 6 heteroatoms. The molecule has 0 radical (unpaired) electrons. The lowest BCUT2D eigenvalue weighted by atomic mass is 10.1. The molecule has 0 aliphatic carbocycles. The summed E-state index contributed by atoms with van der Waals surface area (Å²) in [5.41, 5.74) is 2.66. The third-order valence-corrected chi connectivity index (χ3v) is 4.97. The van der Waals surface area contributed by atoms with Crippen molar-refractivity contribution in [2.24, 2.45) is 0 Å². The van der Waals surface area contributed by atoms with Crippen molar-refractivity contribution in [2.45, 2.75) is 12.8 Å². The maximum absolute atomic E-state index is 13.0. The molecule has 0 saturated carbocycles. The zero-order valence-corrected chi connectivity index (χ0v) is 14.6. The number of carbonyl (C=O) groups excluding carboxylic acids is 2. The SMILES string of the molecule is O=C(Cc1cc[nH]c1)N1CCCN(C(=O)c2c[nH]c3ccccc23)CC1. The highest BCUT2D eigenvalue weighted by molar-refractivity contribution is 6.06. The Morgan fingerprint density at radius 2 is 1.77 bits per heavy atom. The van der Waals surface area contributed by atoms with Crippen LogP contribution in [0.1, 0.15) is 22.3 Å². The minimum atomic E-state index is 0.0300. The highest BCUT2D eigenvalue weighted by Crippen LogP contribution is 2.20. The Balaban J connectivity index is 1.43. The Hall–Kier alpha value is -3.02. The van der Waals surface area contributed by atoms with Crippen LogP contribution in [0, 0.1) is 0 Å². The van der Waals surface area contributed by atoms with Gasteiger partial charge in [-0.15, -0.1) is 0 Å². The van der Waals surface area contributed by atoms with E-state index in [0.717, 1.165) is 22.9 Å². The number of nitrogens with one attached hydrogen (secondary N) is 2. The van der Waals surface area contributed by atoms with Gasteiger partial charge in [-0.05, 0) is 24.1 Å². The van der Waals surface area contributed by atoms with Gasteiger partial charge in [0.2, 0.25) is 5.91 Å². The van der Waals surface area contributed by atoms with Crippen molar-refractivity contribution in [1.82, 2.24) is 19.8 Å². The fourth-order valence-electron chi connectivity index (χ4n) is 3.54. The van der Waals surface area contributed by atoms with Crippen molar-refractivity contribution in [1.29, 1.82) is 0 Å². The first-order chi connectivity index (χ1) is 12.7. The van der Waals surface area contributed by atoms with Crippen LogP contribution in [-0.2, 0) is 11.2 Å². The molecule has 4 rings (SSSR count). The predicted octanol–water partition coefficient (Wildman–Crippen LogP) is 2.41. The Bertz CT molecular complexity index is 913. The second-order valence-corrected chi connectivity index (χ2v) is 6.67. The van der Waals surface area contributed by atoms with Gasteiger partial charge in [-0.25, -0.2) is 0 Å². The molecule has 3 heterocycles. The summed E-state index contributed by atoms with van der Waals surface area (Å²) in [6, 6.07) is 9.74. The molecular formula is C20H22N4O2. The number of fused-ring (bicyclic) bond motifs is 1. The first kappa shape index (κ1) is 16.4. The number of hydrogen-bond donors (Lipinski definition) is 2. The number of nitrogens with zero attached hydrogens (tertiary/aromatic N) is 2. The van der Waals surface area contributed by atoms with E-state index in [-0.39, 0.29) is 11.8 Å². The van der Waals surface area contributed by atoms with E-state index in [9.17, 15) is 9.59 Å². The number of H-pyrrole nitrogens is 2. The average Bonchev–Trinajstić information content (AvgIpc) is 3.25. The molecule has 2 N–H and O–H groups in total. The molecule has 6 nitrogen and oxygen atoms in total. The fourth-order valence-corrected chi connectivity index (χ4v) is 3.54. The number of aromatic nitrogens is 2. The molecule has 0 spiro atoms. The van der Waals surface area contributed by atoms with E-state index < -0.39 is 0 Å². The van der Waals surface area contributed by atoms with Crippen LogP contribution in [0.3, 0.4) is 0 Å². The standard InChI is InChI=1S/C20H22N4O2/c25-19(12-15-6-7-21-13-15)23-8-3-9-24(11-10-23)20(26)17-14-22-18-5-2-1-4-16(17)18/h1-2,4-7,13-14,21-22H,3,8-12H2. The number of benzene rings is 1. The van der Waals surface area contributed by atoms with Gasteiger partial charge in [0.1, 0.15) is 0 Å². The van der Waals surface area contributed by atoms with E-state index in [1.807, 2.05) is 52.5 Å². The summed E-state index contributed by atoms with van der Waals surface area (Å²) in [4.78, 5) is 35.3. The summed E-state index contributed by atoms with van der Waals surface area (Å²) in [5.74, 6) is 0.147. The highest BCUT2D eigenvalue weighted by Gasteiger charge is 2.24. The van der Waals surface area contributed by atoms with Crippen molar-refractivity contribution in [3.05, 3.63) is 60.0 Å². The van der Waals surface area contributed by atoms with Crippen molar-refractivity contribution in [3.63, 3.8) is 0 Å². The van der Waals surface area contributed by atoms with Crippen molar-refractivity contribution in [3.8, 4) is 0 Å². The van der Waals surface area contributed by atoms with Gasteiger partial charge < -0.3 is 19.8 Å². The largest absolute Gasteiger partial charge is 0.367 e. The molecule has 2 aromatic heterocycles. The average molecular weight is 350 g/mol. The minimum Gasteiger partial charge on any atom is -0.367 e. The number of hydrogen-bond acceptors (Lipinski definition) is 2. The van der Waals surface area contributed by atoms with Crippen LogP contribution in [-0.4, -0.2) is 57.8 Å². The molecule has 26 heavy (non-hydrogen) atoms. The molecule has 0 unspecified atom stereocenters. The molecule has 2 amide bonds. The van der Waals surface area contributed by atoms with Crippen LogP contribution in [0.2, 0.25) is 0 Å². The first-order valence-corrected chi connectivity index (χ1v) is 8.97. The lowest BCUT2D eigenvalue weighted by Gasteiger charge is -2.22. The Labute approximate surface area is 151 Å². The van der Waals surface area contributed by atoms with Crippen molar-refractivity contribution >= 4 is 22.7 Å². The van der Waals surface area contributed by atoms with Gasteiger partial charge in [-0.3, -0.25) is 9.59 Å². The van der Waals surface area contributed by atoms with Crippen LogP contribution in [0.4, 0.5) is 0 Å². The summed E-state index contributed by atoms with van der Waals surface area (Å²) >= 11 is 0. The summed E-state index contributed by atoms with van der Waals surface area (Å²) < 4.78 is 0. The summed E-state index contributed by atoms with van der Waals surface area (Å²) in [6.45, 7) is 2.52. The zero-order chi connectivity index (χ0) is 17.9. The van der Waals surface area contributed by atoms with E-state index in [1.54, 1.807) is 6.20 Å². The summed E-state index contributed by atoms with van der Waals surface area (Å²) in [6.07, 6.45) is 6.66. The van der Waals surface area contributed by atoms with E-state index >= 15 is 0 Å². The van der Waals surface area contributed by atoms with Gasteiger partial charge in [0.15, 0.2) is 0 Å². The van der Waals surface area contributed by atoms with E-state index in [1.165, 1.54) is 0 Å². The molecule has 1 aliphatic heterocycles. The minimum absolute atomic E-state index is 0.0300. The summed E-state index contributed by atoms with van der Waals surface area (Å²) in [5, 5.41) is 0.946. The Kier molecular flexibility index (Phi) is 4.48. The maximum atomic E-state index is 13.0. The predicted molar refractivity (Wildman–Crippen MR) is 99.9 cm³/mol. The number of carbonyl (C=O) groups is 2. The molecule has 1 fully saturated rings. The van der Waals surface area contributed by atoms with E-state index in [4.69, 9.17) is 0 Å². The quantitative estimate of drug-likeness (QED) is 0.761. The third-order valence-electron chi connectivity index (χ3n) is 4.97. The molecule has 0 atom stereocenters. The molecule has 1 saturated heterocycles. The van der Waals surface area contributed by atoms with Gasteiger partial charge in [-0.1, -0.05) is 18.2 Å². The van der Waals surface area contributed by atoms with Crippen LogP contribution in [0.25, 0.3) is 10.9 Å². The van der Waals surface area contributed by atoms with Crippen LogP contribution in [0.5, 0.6) is 0 Å². The second-order valence-electron chi connectivity index (χ2n) is 6.67. The summed E-state index contributed by atoms with van der Waals surface area (Å²) in [7, 11) is 0. The number of rotatable bonds is 3. The number of amides is 2. The molecule has 0 bridgehead atoms. The van der Waals surface area contributed by atoms with Crippen molar-refractivity contribution < 1.29 is 9.59 Å². The fraction of sp³-hybridized carbons (Fsp3) is 0.300. The van der Waals surface area contributed by atoms with Gasteiger partial charge in [-0.2, -0.15) is 0 Å². The van der Waals surface area contributed by atoms with Gasteiger partial charge in [0, 0.05) is 55.7 Å². The Morgan fingerprint density at radius 3 is 2.62 bits per heavy atom. The topological polar surface area (TPSA) is 72.2 Å².